The second-order valence-electron chi connectivity index (χ2n) is 9.66. The summed E-state index contributed by atoms with van der Waals surface area (Å²) in [5.74, 6) is 1.16. The molecule has 2 aromatic carbocycles. The van der Waals surface area contributed by atoms with Crippen LogP contribution in [0.25, 0.3) is 10.9 Å². The first kappa shape index (κ1) is 25.9. The number of amides is 3. The molecule has 1 atom stereocenters. The van der Waals surface area contributed by atoms with Gasteiger partial charge in [-0.1, -0.05) is 24.3 Å². The zero-order valence-corrected chi connectivity index (χ0v) is 21.4. The van der Waals surface area contributed by atoms with Gasteiger partial charge in [-0.2, -0.15) is 0 Å². The number of hydrogen-bond acceptors (Lipinski definition) is 4. The third-order valence-corrected chi connectivity index (χ3v) is 5.75. The molecule has 3 rings (SSSR count). The number of aromatic nitrogens is 1. The van der Waals surface area contributed by atoms with Crippen molar-refractivity contribution in [3.63, 3.8) is 0 Å². The number of urea groups is 1. The van der Waals surface area contributed by atoms with Gasteiger partial charge in [-0.15, -0.1) is 0 Å². The fourth-order valence-electron chi connectivity index (χ4n) is 3.96. The van der Waals surface area contributed by atoms with Crippen LogP contribution in [0.4, 0.5) is 4.79 Å². The standard InChI is InChI=1S/C27H36N4O4/c1-27(2,3)30-26(33)29-22(16-19-17-28-21-10-8-7-9-20(19)21)25(32)31(4)14-13-18-11-12-23(34-5)24(15-18)35-6/h7-12,15,17,22,28H,13-14,16H2,1-6H3,(H2,29,30,33). The van der Waals surface area contributed by atoms with Crippen molar-refractivity contribution in [3.8, 4) is 11.5 Å². The highest BCUT2D eigenvalue weighted by atomic mass is 16.5. The molecule has 8 heteroatoms. The molecule has 8 nitrogen and oxygen atoms in total. The van der Waals surface area contributed by atoms with Crippen molar-refractivity contribution >= 4 is 22.8 Å². The number of hydrogen-bond donors (Lipinski definition) is 3. The van der Waals surface area contributed by atoms with Gasteiger partial charge in [0.15, 0.2) is 11.5 Å². The van der Waals surface area contributed by atoms with Crippen LogP contribution in [-0.4, -0.2) is 61.2 Å². The number of carbonyl (C=O) groups excluding carboxylic acids is 2. The molecule has 3 N–H and O–H groups in total. The Morgan fingerprint density at radius 2 is 1.77 bits per heavy atom. The molecule has 0 saturated carbocycles. The molecular weight excluding hydrogens is 444 g/mol. The number of rotatable bonds is 9. The van der Waals surface area contributed by atoms with Crippen LogP contribution in [0.2, 0.25) is 0 Å². The maximum atomic E-state index is 13.5. The Balaban J connectivity index is 1.75. The summed E-state index contributed by atoms with van der Waals surface area (Å²) in [5, 5.41) is 6.82. The lowest BCUT2D eigenvalue weighted by molar-refractivity contribution is -0.131. The largest absolute Gasteiger partial charge is 0.493 e. The summed E-state index contributed by atoms with van der Waals surface area (Å²) < 4.78 is 10.7. The van der Waals surface area contributed by atoms with Crippen LogP contribution in [0, 0.1) is 0 Å². The second-order valence-corrected chi connectivity index (χ2v) is 9.66. The number of fused-ring (bicyclic) bond motifs is 1. The Kier molecular flexibility index (Phi) is 8.27. The molecule has 0 fully saturated rings. The molecule has 1 heterocycles. The molecular formula is C27H36N4O4. The number of nitrogens with zero attached hydrogens (tertiary/aromatic N) is 1. The van der Waals surface area contributed by atoms with Crippen molar-refractivity contribution < 1.29 is 19.1 Å². The number of benzene rings is 2. The van der Waals surface area contributed by atoms with Crippen molar-refractivity contribution in [1.82, 2.24) is 20.5 Å². The molecule has 0 spiro atoms. The quantitative estimate of drug-likeness (QED) is 0.433. The van der Waals surface area contributed by atoms with Gasteiger partial charge in [0.2, 0.25) is 5.91 Å². The lowest BCUT2D eigenvalue weighted by atomic mass is 10.0. The van der Waals surface area contributed by atoms with Crippen LogP contribution in [-0.2, 0) is 17.6 Å². The Bertz CT molecular complexity index is 1170. The molecule has 188 valence electrons. The van der Waals surface area contributed by atoms with E-state index in [1.807, 2.05) is 69.4 Å². The van der Waals surface area contributed by atoms with Crippen LogP contribution < -0.4 is 20.1 Å². The zero-order chi connectivity index (χ0) is 25.6. The lowest BCUT2D eigenvalue weighted by Gasteiger charge is -2.27. The first-order valence-corrected chi connectivity index (χ1v) is 11.7. The molecule has 35 heavy (non-hydrogen) atoms. The van der Waals surface area contributed by atoms with Gasteiger partial charge in [0.25, 0.3) is 0 Å². The molecule has 0 bridgehead atoms. The normalized spacial score (nSPS) is 12.2. The number of aromatic amines is 1. The van der Waals surface area contributed by atoms with E-state index in [1.165, 1.54) is 0 Å². The van der Waals surface area contributed by atoms with Gasteiger partial charge >= 0.3 is 6.03 Å². The predicted molar refractivity (Wildman–Crippen MR) is 138 cm³/mol. The zero-order valence-electron chi connectivity index (χ0n) is 21.4. The van der Waals surface area contributed by atoms with Crippen LogP contribution in [0.3, 0.4) is 0 Å². The minimum atomic E-state index is -0.716. The Hall–Kier alpha value is -3.68. The molecule has 1 unspecified atom stereocenters. The van der Waals surface area contributed by atoms with Crippen LogP contribution in [0.1, 0.15) is 31.9 Å². The van der Waals surface area contributed by atoms with E-state index < -0.39 is 11.6 Å². The molecule has 0 saturated heterocycles. The fraction of sp³-hybridized carbons (Fsp3) is 0.407. The van der Waals surface area contributed by atoms with E-state index in [1.54, 1.807) is 26.2 Å². The van der Waals surface area contributed by atoms with Gasteiger partial charge in [-0.05, 0) is 56.5 Å². The Morgan fingerprint density at radius 1 is 1.06 bits per heavy atom. The first-order valence-electron chi connectivity index (χ1n) is 11.7. The summed E-state index contributed by atoms with van der Waals surface area (Å²) in [6.07, 6.45) is 2.91. The summed E-state index contributed by atoms with van der Waals surface area (Å²) in [6.45, 7) is 6.19. The van der Waals surface area contributed by atoms with Gasteiger partial charge in [0, 0.05) is 42.7 Å². The van der Waals surface area contributed by atoms with Gasteiger partial charge in [-0.3, -0.25) is 4.79 Å². The summed E-state index contributed by atoms with van der Waals surface area (Å²) in [7, 11) is 4.95. The van der Waals surface area contributed by atoms with Crippen molar-refractivity contribution in [2.24, 2.45) is 0 Å². The number of ether oxygens (including phenoxy) is 2. The van der Waals surface area contributed by atoms with Crippen LogP contribution >= 0.6 is 0 Å². The Morgan fingerprint density at radius 3 is 2.46 bits per heavy atom. The highest BCUT2D eigenvalue weighted by molar-refractivity contribution is 5.89. The number of likely N-dealkylation sites (N-methyl/N-ethyl adjacent to an activating group) is 1. The van der Waals surface area contributed by atoms with Crippen molar-refractivity contribution in [2.45, 2.75) is 45.2 Å². The molecule has 0 aliphatic heterocycles. The lowest BCUT2D eigenvalue weighted by Crippen LogP contribution is -2.54. The topological polar surface area (TPSA) is 95.7 Å². The number of para-hydroxylation sites is 1. The highest BCUT2D eigenvalue weighted by Gasteiger charge is 2.27. The van der Waals surface area contributed by atoms with E-state index in [-0.39, 0.29) is 11.9 Å². The summed E-state index contributed by atoms with van der Waals surface area (Å²) in [6, 6.07) is 12.6. The minimum absolute atomic E-state index is 0.153. The SMILES string of the molecule is COc1ccc(CCN(C)C(=O)C(Cc2c[nH]c3ccccc23)NC(=O)NC(C)(C)C)cc1OC. The second kappa shape index (κ2) is 11.2. The van der Waals surface area contributed by atoms with Crippen LogP contribution in [0.15, 0.2) is 48.7 Å². The van der Waals surface area contributed by atoms with E-state index >= 15 is 0 Å². The third kappa shape index (κ3) is 6.91. The minimum Gasteiger partial charge on any atom is -0.493 e. The fourth-order valence-corrected chi connectivity index (χ4v) is 3.96. The van der Waals surface area contributed by atoms with Crippen molar-refractivity contribution in [2.75, 3.05) is 27.8 Å². The highest BCUT2D eigenvalue weighted by Crippen LogP contribution is 2.27. The summed E-state index contributed by atoms with van der Waals surface area (Å²) in [4.78, 5) is 31.1. The van der Waals surface area contributed by atoms with E-state index in [2.05, 4.69) is 15.6 Å². The smallest absolute Gasteiger partial charge is 0.315 e. The molecule has 1 aromatic heterocycles. The van der Waals surface area contributed by atoms with E-state index in [9.17, 15) is 9.59 Å². The maximum absolute atomic E-state index is 13.5. The van der Waals surface area contributed by atoms with Gasteiger partial charge in [0.05, 0.1) is 14.2 Å². The molecule has 3 aromatic rings. The molecule has 0 aliphatic carbocycles. The predicted octanol–water partition coefficient (Wildman–Crippen LogP) is 3.90. The first-order chi connectivity index (χ1) is 16.6. The molecule has 0 radical (unpaired) electrons. The number of H-pyrrole nitrogens is 1. The number of methoxy groups -OCH3 is 2. The van der Waals surface area contributed by atoms with Gasteiger partial charge in [-0.25, -0.2) is 4.79 Å². The summed E-state index contributed by atoms with van der Waals surface area (Å²) >= 11 is 0. The molecule has 0 aliphatic rings. The monoisotopic (exact) mass is 480 g/mol. The summed E-state index contributed by atoms with van der Waals surface area (Å²) in [5.41, 5.74) is 2.57. The van der Waals surface area contributed by atoms with Crippen LogP contribution in [0.5, 0.6) is 11.5 Å². The number of carbonyl (C=O) groups is 2. The van der Waals surface area contributed by atoms with E-state index in [0.29, 0.717) is 30.9 Å². The van der Waals surface area contributed by atoms with Crippen molar-refractivity contribution in [3.05, 3.63) is 59.8 Å². The third-order valence-electron chi connectivity index (χ3n) is 5.75. The van der Waals surface area contributed by atoms with E-state index in [0.717, 1.165) is 22.0 Å². The van der Waals surface area contributed by atoms with Gasteiger partial charge < -0.3 is 30.0 Å². The van der Waals surface area contributed by atoms with E-state index in [4.69, 9.17) is 9.47 Å². The van der Waals surface area contributed by atoms with Gasteiger partial charge in [0.1, 0.15) is 6.04 Å². The maximum Gasteiger partial charge on any atom is 0.315 e. The average molecular weight is 481 g/mol. The van der Waals surface area contributed by atoms with Crippen molar-refractivity contribution in [1.29, 1.82) is 0 Å². The molecule has 3 amide bonds. The number of nitrogens with one attached hydrogen (secondary N) is 3. The average Bonchev–Trinajstić information content (AvgIpc) is 3.23. The Labute approximate surface area is 207 Å².